The topological polar surface area (TPSA) is 89.3 Å². The fraction of sp³-hybridized carbons (Fsp3) is 0.412. The lowest BCUT2D eigenvalue weighted by molar-refractivity contribution is -0.133. The smallest absolute Gasteiger partial charge is 0.267 e. The fourth-order valence-corrected chi connectivity index (χ4v) is 5.58. The van der Waals surface area contributed by atoms with Gasteiger partial charge in [0.25, 0.3) is 5.56 Å². The molecule has 0 saturated heterocycles. The Bertz CT molecular complexity index is 1630. The molecule has 0 radical (unpaired) electrons. The highest BCUT2D eigenvalue weighted by Crippen LogP contribution is 2.26. The van der Waals surface area contributed by atoms with Crippen LogP contribution in [0, 0.1) is 12.7 Å². The van der Waals surface area contributed by atoms with E-state index in [1.54, 1.807) is 46.9 Å². The van der Waals surface area contributed by atoms with Crippen LogP contribution in [0.3, 0.4) is 0 Å². The Balaban J connectivity index is 1.53. The number of aromatic nitrogens is 3. The summed E-state index contributed by atoms with van der Waals surface area (Å²) in [5.74, 6) is 0.694. The first-order valence-electron chi connectivity index (χ1n) is 15.2. The second-order valence-corrected chi connectivity index (χ2v) is 11.4. The number of pyridine rings is 1. The number of amides is 1. The zero-order chi connectivity index (χ0) is 30.5. The SMILES string of the molecule is CCOc1ccc(-n2c([C@@H](C)N(CCC(C)NC3CCC3)C(=O)Cc3ccc(F)c(C)c3)nc3ncccc3c2=O)cc1. The first kappa shape index (κ1) is 30.4. The van der Waals surface area contributed by atoms with Gasteiger partial charge in [-0.25, -0.2) is 14.4 Å². The summed E-state index contributed by atoms with van der Waals surface area (Å²) < 4.78 is 21.2. The number of hydrogen-bond donors (Lipinski definition) is 1. The highest BCUT2D eigenvalue weighted by molar-refractivity contribution is 5.79. The quantitative estimate of drug-likeness (QED) is 0.230. The van der Waals surface area contributed by atoms with Gasteiger partial charge in [0.05, 0.1) is 30.1 Å². The van der Waals surface area contributed by atoms with Crippen LogP contribution in [0.4, 0.5) is 4.39 Å². The molecule has 0 bridgehead atoms. The number of benzene rings is 2. The molecular formula is C34H40FN5O3. The summed E-state index contributed by atoms with van der Waals surface area (Å²) in [6.45, 7) is 8.64. The van der Waals surface area contributed by atoms with E-state index in [9.17, 15) is 14.0 Å². The minimum Gasteiger partial charge on any atom is -0.494 e. The van der Waals surface area contributed by atoms with Crippen LogP contribution in [0.5, 0.6) is 5.75 Å². The molecule has 1 saturated carbocycles. The Kier molecular flexibility index (Phi) is 9.50. The lowest BCUT2D eigenvalue weighted by atomic mass is 9.92. The summed E-state index contributed by atoms with van der Waals surface area (Å²) in [5.41, 5.74) is 1.92. The van der Waals surface area contributed by atoms with Gasteiger partial charge in [-0.05, 0) is 101 Å². The van der Waals surface area contributed by atoms with Crippen LogP contribution >= 0.6 is 0 Å². The molecule has 2 atom stereocenters. The number of carbonyl (C=O) groups excluding carboxylic acids is 1. The molecule has 1 unspecified atom stereocenters. The first-order chi connectivity index (χ1) is 20.7. The van der Waals surface area contributed by atoms with Crippen molar-refractivity contribution in [3.05, 3.63) is 93.9 Å². The highest BCUT2D eigenvalue weighted by Gasteiger charge is 2.28. The van der Waals surface area contributed by atoms with Crippen LogP contribution in [-0.2, 0) is 11.2 Å². The predicted octanol–water partition coefficient (Wildman–Crippen LogP) is 5.68. The summed E-state index contributed by atoms with van der Waals surface area (Å²) in [5, 5.41) is 4.06. The molecule has 2 aromatic heterocycles. The van der Waals surface area contributed by atoms with Crippen molar-refractivity contribution in [1.29, 1.82) is 0 Å². The summed E-state index contributed by atoms with van der Waals surface area (Å²) in [7, 11) is 0. The van der Waals surface area contributed by atoms with Gasteiger partial charge in [0.2, 0.25) is 5.91 Å². The van der Waals surface area contributed by atoms with E-state index >= 15 is 0 Å². The number of carbonyl (C=O) groups is 1. The number of hydrogen-bond acceptors (Lipinski definition) is 6. The molecule has 0 aliphatic heterocycles. The number of nitrogens with one attached hydrogen (secondary N) is 1. The van der Waals surface area contributed by atoms with E-state index in [1.165, 1.54) is 25.3 Å². The van der Waals surface area contributed by atoms with Gasteiger partial charge in [0, 0.05) is 24.8 Å². The van der Waals surface area contributed by atoms with E-state index in [0.717, 1.165) is 12.0 Å². The number of nitrogens with zero attached hydrogens (tertiary/aromatic N) is 4. The average Bonchev–Trinajstić information content (AvgIpc) is 2.97. The van der Waals surface area contributed by atoms with E-state index in [4.69, 9.17) is 9.72 Å². The summed E-state index contributed by atoms with van der Waals surface area (Å²) in [4.78, 5) is 39.0. The largest absolute Gasteiger partial charge is 0.494 e. The zero-order valence-electron chi connectivity index (χ0n) is 25.3. The molecule has 1 fully saturated rings. The fourth-order valence-electron chi connectivity index (χ4n) is 5.58. The molecule has 43 heavy (non-hydrogen) atoms. The Morgan fingerprint density at radius 1 is 1.16 bits per heavy atom. The molecule has 1 amide bonds. The molecule has 1 aliphatic rings. The third-order valence-corrected chi connectivity index (χ3v) is 8.24. The van der Waals surface area contributed by atoms with E-state index in [1.807, 2.05) is 38.1 Å². The van der Waals surface area contributed by atoms with Crippen LogP contribution in [-0.4, -0.2) is 50.6 Å². The lowest BCUT2D eigenvalue weighted by Gasteiger charge is -2.34. The van der Waals surface area contributed by atoms with Crippen LogP contribution < -0.4 is 15.6 Å². The number of halogens is 1. The maximum absolute atomic E-state index is 14.0. The standard InChI is InChI=1S/C34H40FN5O3/c1-5-43-28-14-12-27(13-15-28)40-33(38-32-29(34(40)42)10-7-18-36-32)24(4)39(19-17-23(3)37-26-8-6-9-26)31(41)21-25-11-16-30(35)22(2)20-25/h7,10-16,18,20,23-24,26,37H,5-6,8-9,17,19,21H2,1-4H3/t23?,24-/m1/s1. The molecule has 5 rings (SSSR count). The average molecular weight is 586 g/mol. The Morgan fingerprint density at radius 3 is 2.60 bits per heavy atom. The summed E-state index contributed by atoms with van der Waals surface area (Å²) in [6, 6.07) is 15.7. The highest BCUT2D eigenvalue weighted by atomic mass is 19.1. The third kappa shape index (κ3) is 6.94. The molecular weight excluding hydrogens is 545 g/mol. The van der Waals surface area contributed by atoms with Crippen LogP contribution in [0.2, 0.25) is 0 Å². The predicted molar refractivity (Wildman–Crippen MR) is 166 cm³/mol. The van der Waals surface area contributed by atoms with Gasteiger partial charge in [-0.15, -0.1) is 0 Å². The van der Waals surface area contributed by atoms with Crippen LogP contribution in [0.15, 0.2) is 65.6 Å². The maximum atomic E-state index is 14.0. The Morgan fingerprint density at radius 2 is 1.93 bits per heavy atom. The second-order valence-electron chi connectivity index (χ2n) is 11.4. The summed E-state index contributed by atoms with van der Waals surface area (Å²) in [6.07, 6.45) is 6.04. The number of aryl methyl sites for hydroxylation is 1. The monoisotopic (exact) mass is 585 g/mol. The molecule has 4 aromatic rings. The van der Waals surface area contributed by atoms with Crippen molar-refractivity contribution in [3.63, 3.8) is 0 Å². The van der Waals surface area contributed by atoms with Gasteiger partial charge >= 0.3 is 0 Å². The van der Waals surface area contributed by atoms with E-state index in [-0.39, 0.29) is 29.7 Å². The van der Waals surface area contributed by atoms with Gasteiger partial charge in [-0.3, -0.25) is 14.2 Å². The maximum Gasteiger partial charge on any atom is 0.267 e. The number of fused-ring (bicyclic) bond motifs is 1. The van der Waals surface area contributed by atoms with Crippen molar-refractivity contribution in [2.24, 2.45) is 0 Å². The molecule has 2 heterocycles. The van der Waals surface area contributed by atoms with Crippen LogP contribution in [0.25, 0.3) is 16.7 Å². The van der Waals surface area contributed by atoms with Gasteiger partial charge in [-0.1, -0.05) is 18.6 Å². The molecule has 8 nitrogen and oxygen atoms in total. The number of rotatable bonds is 12. The molecule has 1 aliphatic carbocycles. The van der Waals surface area contributed by atoms with Crippen molar-refractivity contribution in [2.45, 2.75) is 77.9 Å². The molecule has 226 valence electrons. The van der Waals surface area contributed by atoms with Crippen LogP contribution in [0.1, 0.15) is 69.4 Å². The first-order valence-corrected chi connectivity index (χ1v) is 15.2. The summed E-state index contributed by atoms with van der Waals surface area (Å²) >= 11 is 0. The lowest BCUT2D eigenvalue weighted by Crippen LogP contribution is -2.44. The van der Waals surface area contributed by atoms with Crippen molar-refractivity contribution in [3.8, 4) is 11.4 Å². The molecule has 1 N–H and O–H groups in total. The Labute approximate surface area is 251 Å². The van der Waals surface area contributed by atoms with Gasteiger partial charge in [0.1, 0.15) is 17.4 Å². The van der Waals surface area contributed by atoms with Crippen molar-refractivity contribution >= 4 is 16.9 Å². The number of ether oxygens (including phenoxy) is 1. The minimum absolute atomic E-state index is 0.106. The van der Waals surface area contributed by atoms with Gasteiger partial charge < -0.3 is 15.0 Å². The minimum atomic E-state index is -0.560. The second kappa shape index (κ2) is 13.5. The molecule has 2 aromatic carbocycles. The molecule has 0 spiro atoms. The van der Waals surface area contributed by atoms with Gasteiger partial charge in [-0.2, -0.15) is 0 Å². The Hall–Kier alpha value is -4.11. The zero-order valence-corrected chi connectivity index (χ0v) is 25.3. The van der Waals surface area contributed by atoms with E-state index in [2.05, 4.69) is 17.2 Å². The van der Waals surface area contributed by atoms with Crippen molar-refractivity contribution < 1.29 is 13.9 Å². The van der Waals surface area contributed by atoms with Gasteiger partial charge in [0.15, 0.2) is 5.65 Å². The van der Waals surface area contributed by atoms with Crippen molar-refractivity contribution in [1.82, 2.24) is 24.8 Å². The van der Waals surface area contributed by atoms with Crippen molar-refractivity contribution in [2.75, 3.05) is 13.2 Å². The van der Waals surface area contributed by atoms with E-state index in [0.29, 0.717) is 53.1 Å². The third-order valence-electron chi connectivity index (χ3n) is 8.24. The molecule has 9 heteroatoms. The van der Waals surface area contributed by atoms with E-state index < -0.39 is 6.04 Å². The normalized spacial score (nSPS) is 14.7.